The van der Waals surface area contributed by atoms with Crippen molar-refractivity contribution in [3.05, 3.63) is 35.9 Å². The second kappa shape index (κ2) is 11.0. The molecule has 2 aliphatic heterocycles. The van der Waals surface area contributed by atoms with Crippen LogP contribution in [-0.4, -0.2) is 47.9 Å². The average molecular weight is 388 g/mol. The molecule has 3 rings (SSSR count). The summed E-state index contributed by atoms with van der Waals surface area (Å²) >= 11 is 0. The molecule has 1 aromatic rings. The Labute approximate surface area is 163 Å². The standard InChI is InChI=1S/C19H29N3O.2ClH/c20-18(16-7-3-1-4-8-16)15-19(23)22-13-9-17(10-14-22)21-11-5-2-6-12-21;;/h1,3-4,7-8,17-18H,2,5-6,9-15,20H2;2*1H. The highest BCUT2D eigenvalue weighted by atomic mass is 35.5. The Morgan fingerprint density at radius 2 is 1.60 bits per heavy atom. The van der Waals surface area contributed by atoms with Crippen LogP contribution in [0.2, 0.25) is 0 Å². The van der Waals surface area contributed by atoms with E-state index < -0.39 is 0 Å². The highest BCUT2D eigenvalue weighted by Crippen LogP contribution is 2.22. The summed E-state index contributed by atoms with van der Waals surface area (Å²) in [6.07, 6.45) is 6.71. The molecule has 2 saturated heterocycles. The first kappa shape index (κ1) is 22.2. The predicted octanol–water partition coefficient (Wildman–Crippen LogP) is 3.40. The van der Waals surface area contributed by atoms with E-state index in [0.29, 0.717) is 12.5 Å². The van der Waals surface area contributed by atoms with E-state index in [4.69, 9.17) is 5.73 Å². The minimum absolute atomic E-state index is 0. The van der Waals surface area contributed by atoms with E-state index in [-0.39, 0.29) is 36.8 Å². The fourth-order valence-electron chi connectivity index (χ4n) is 3.90. The first-order valence-corrected chi connectivity index (χ1v) is 9.06. The van der Waals surface area contributed by atoms with Gasteiger partial charge in [-0.25, -0.2) is 0 Å². The van der Waals surface area contributed by atoms with E-state index in [1.54, 1.807) is 0 Å². The van der Waals surface area contributed by atoms with Crippen molar-refractivity contribution in [2.75, 3.05) is 26.2 Å². The van der Waals surface area contributed by atoms with Crippen molar-refractivity contribution in [3.8, 4) is 0 Å². The van der Waals surface area contributed by atoms with Crippen LogP contribution >= 0.6 is 24.8 Å². The number of carbonyl (C=O) groups excluding carboxylic acids is 1. The van der Waals surface area contributed by atoms with Crippen LogP contribution in [0.4, 0.5) is 0 Å². The molecule has 1 amide bonds. The maximum Gasteiger partial charge on any atom is 0.224 e. The van der Waals surface area contributed by atoms with Crippen LogP contribution in [0.3, 0.4) is 0 Å². The third kappa shape index (κ3) is 6.14. The van der Waals surface area contributed by atoms with E-state index in [1.807, 2.05) is 35.2 Å². The van der Waals surface area contributed by atoms with Gasteiger partial charge in [0.1, 0.15) is 0 Å². The van der Waals surface area contributed by atoms with Gasteiger partial charge in [-0.3, -0.25) is 4.79 Å². The molecule has 0 aliphatic carbocycles. The van der Waals surface area contributed by atoms with E-state index in [0.717, 1.165) is 31.5 Å². The summed E-state index contributed by atoms with van der Waals surface area (Å²) < 4.78 is 0. The number of amides is 1. The molecular formula is C19H31Cl2N3O. The summed E-state index contributed by atoms with van der Waals surface area (Å²) in [5.41, 5.74) is 7.24. The third-order valence-electron chi connectivity index (χ3n) is 5.35. The predicted molar refractivity (Wildman–Crippen MR) is 108 cm³/mol. The molecule has 142 valence electrons. The Hall–Kier alpha value is -0.810. The third-order valence-corrected chi connectivity index (χ3v) is 5.35. The molecule has 2 fully saturated rings. The van der Waals surface area contributed by atoms with Crippen LogP contribution in [-0.2, 0) is 4.79 Å². The van der Waals surface area contributed by atoms with Crippen molar-refractivity contribution in [3.63, 3.8) is 0 Å². The highest BCUT2D eigenvalue weighted by molar-refractivity contribution is 5.85. The number of hydrogen-bond donors (Lipinski definition) is 1. The van der Waals surface area contributed by atoms with Crippen molar-refractivity contribution >= 4 is 30.7 Å². The molecular weight excluding hydrogens is 357 g/mol. The highest BCUT2D eigenvalue weighted by Gasteiger charge is 2.28. The Morgan fingerprint density at radius 3 is 2.20 bits per heavy atom. The number of piperidine rings is 2. The van der Waals surface area contributed by atoms with Crippen molar-refractivity contribution in [2.24, 2.45) is 5.73 Å². The fourth-order valence-corrected chi connectivity index (χ4v) is 3.90. The second-order valence-corrected chi connectivity index (χ2v) is 6.93. The van der Waals surface area contributed by atoms with E-state index in [9.17, 15) is 4.79 Å². The minimum Gasteiger partial charge on any atom is -0.343 e. The average Bonchev–Trinajstić information content (AvgIpc) is 2.63. The summed E-state index contributed by atoms with van der Waals surface area (Å²) in [6, 6.07) is 10.4. The van der Waals surface area contributed by atoms with Gasteiger partial charge < -0.3 is 15.5 Å². The van der Waals surface area contributed by atoms with Crippen molar-refractivity contribution in [1.29, 1.82) is 0 Å². The van der Waals surface area contributed by atoms with Crippen molar-refractivity contribution in [1.82, 2.24) is 9.80 Å². The smallest absolute Gasteiger partial charge is 0.224 e. The van der Waals surface area contributed by atoms with E-state index >= 15 is 0 Å². The SMILES string of the molecule is Cl.Cl.NC(CC(=O)N1CCC(N2CCCCC2)CC1)c1ccccc1. The summed E-state index contributed by atoms with van der Waals surface area (Å²) in [4.78, 5) is 17.2. The molecule has 0 aromatic heterocycles. The van der Waals surface area contributed by atoms with Gasteiger partial charge in [0.25, 0.3) is 0 Å². The van der Waals surface area contributed by atoms with Gasteiger partial charge in [0.2, 0.25) is 5.91 Å². The first-order chi connectivity index (χ1) is 11.2. The zero-order valence-corrected chi connectivity index (χ0v) is 16.4. The molecule has 25 heavy (non-hydrogen) atoms. The Balaban J connectivity index is 0.00000156. The molecule has 4 nitrogen and oxygen atoms in total. The van der Waals surface area contributed by atoms with Crippen LogP contribution in [0.5, 0.6) is 0 Å². The first-order valence-electron chi connectivity index (χ1n) is 9.06. The van der Waals surface area contributed by atoms with Gasteiger partial charge in [-0.15, -0.1) is 24.8 Å². The zero-order valence-electron chi connectivity index (χ0n) is 14.8. The molecule has 2 aliphatic rings. The van der Waals surface area contributed by atoms with E-state index in [2.05, 4.69) is 4.90 Å². The van der Waals surface area contributed by atoms with Crippen molar-refractivity contribution in [2.45, 2.75) is 50.6 Å². The molecule has 1 unspecified atom stereocenters. The topological polar surface area (TPSA) is 49.6 Å². The summed E-state index contributed by atoms with van der Waals surface area (Å²) in [5.74, 6) is 0.207. The van der Waals surface area contributed by atoms with Gasteiger partial charge in [0.05, 0.1) is 0 Å². The Morgan fingerprint density at radius 1 is 1.00 bits per heavy atom. The van der Waals surface area contributed by atoms with Crippen LogP contribution in [0.15, 0.2) is 30.3 Å². The number of halogens is 2. The van der Waals surface area contributed by atoms with Crippen molar-refractivity contribution < 1.29 is 4.79 Å². The quantitative estimate of drug-likeness (QED) is 0.860. The lowest BCUT2D eigenvalue weighted by Gasteiger charge is -2.40. The number of carbonyl (C=O) groups is 1. The van der Waals surface area contributed by atoms with Crippen LogP contribution in [0.25, 0.3) is 0 Å². The summed E-state index contributed by atoms with van der Waals surface area (Å²) in [6.45, 7) is 4.28. The Bertz CT molecular complexity index is 501. The normalized spacial score (nSPS) is 20.3. The second-order valence-electron chi connectivity index (χ2n) is 6.93. The molecule has 0 spiro atoms. The monoisotopic (exact) mass is 387 g/mol. The molecule has 1 atom stereocenters. The van der Waals surface area contributed by atoms with Crippen LogP contribution in [0.1, 0.15) is 50.1 Å². The molecule has 0 radical (unpaired) electrons. The van der Waals surface area contributed by atoms with Gasteiger partial charge in [-0.1, -0.05) is 36.8 Å². The number of nitrogens with zero attached hydrogens (tertiary/aromatic N) is 2. The molecule has 2 heterocycles. The van der Waals surface area contributed by atoms with Gasteiger partial charge in [-0.2, -0.15) is 0 Å². The maximum absolute atomic E-state index is 12.5. The lowest BCUT2D eigenvalue weighted by atomic mass is 9.98. The zero-order chi connectivity index (χ0) is 16.1. The van der Waals surface area contributed by atoms with Gasteiger partial charge in [0.15, 0.2) is 0 Å². The summed E-state index contributed by atoms with van der Waals surface area (Å²) in [7, 11) is 0. The lowest BCUT2D eigenvalue weighted by Crippen LogP contribution is -2.48. The van der Waals surface area contributed by atoms with Gasteiger partial charge in [0, 0.05) is 31.6 Å². The number of benzene rings is 1. The number of rotatable bonds is 4. The van der Waals surface area contributed by atoms with Gasteiger partial charge >= 0.3 is 0 Å². The molecule has 1 aromatic carbocycles. The molecule has 2 N–H and O–H groups in total. The largest absolute Gasteiger partial charge is 0.343 e. The molecule has 0 saturated carbocycles. The van der Waals surface area contributed by atoms with E-state index in [1.165, 1.54) is 32.4 Å². The molecule has 0 bridgehead atoms. The lowest BCUT2D eigenvalue weighted by molar-refractivity contribution is -0.133. The van der Waals surface area contributed by atoms with Crippen LogP contribution in [0, 0.1) is 0 Å². The maximum atomic E-state index is 12.5. The van der Waals surface area contributed by atoms with Gasteiger partial charge in [-0.05, 0) is 44.3 Å². The number of hydrogen-bond acceptors (Lipinski definition) is 3. The number of likely N-dealkylation sites (tertiary alicyclic amines) is 2. The fraction of sp³-hybridized carbons (Fsp3) is 0.632. The summed E-state index contributed by atoms with van der Waals surface area (Å²) in [5, 5.41) is 0. The molecule has 6 heteroatoms. The van der Waals surface area contributed by atoms with Crippen LogP contribution < -0.4 is 5.73 Å². The minimum atomic E-state index is -0.191. The Kier molecular flexibility index (Phi) is 9.80. The number of nitrogens with two attached hydrogens (primary N) is 1.